The lowest BCUT2D eigenvalue weighted by Gasteiger charge is -2.10. The van der Waals surface area contributed by atoms with Crippen molar-refractivity contribution in [2.45, 2.75) is 19.9 Å². The number of ether oxygens (including phenoxy) is 2. The van der Waals surface area contributed by atoms with Crippen LogP contribution in [0.15, 0.2) is 46.9 Å². The molecule has 2 aromatic rings. The fourth-order valence-corrected chi connectivity index (χ4v) is 2.21. The highest BCUT2D eigenvalue weighted by atomic mass is 79.9. The summed E-state index contributed by atoms with van der Waals surface area (Å²) in [6, 6.07) is 13.4. The van der Waals surface area contributed by atoms with Crippen LogP contribution in [-0.4, -0.2) is 6.61 Å². The maximum atomic E-state index is 5.82. The molecular formula is C16H18BrNO2. The normalized spacial score (nSPS) is 10.3. The van der Waals surface area contributed by atoms with E-state index in [2.05, 4.69) is 22.9 Å². The predicted molar refractivity (Wildman–Crippen MR) is 84.3 cm³/mol. The van der Waals surface area contributed by atoms with Crippen LogP contribution in [0.2, 0.25) is 0 Å². The van der Waals surface area contributed by atoms with Gasteiger partial charge in [0.25, 0.3) is 0 Å². The SMILES string of the molecule is CCCOc1ccc(Oc2ccc(CN)cc2Br)cc1. The Morgan fingerprint density at radius 1 is 1.05 bits per heavy atom. The van der Waals surface area contributed by atoms with Crippen LogP contribution in [0.5, 0.6) is 17.2 Å². The zero-order valence-corrected chi connectivity index (χ0v) is 13.0. The first kappa shape index (κ1) is 14.9. The van der Waals surface area contributed by atoms with Crippen molar-refractivity contribution in [2.24, 2.45) is 5.73 Å². The van der Waals surface area contributed by atoms with E-state index >= 15 is 0 Å². The van der Waals surface area contributed by atoms with Gasteiger partial charge in [0.15, 0.2) is 0 Å². The number of halogens is 1. The van der Waals surface area contributed by atoms with Gasteiger partial charge in [-0.15, -0.1) is 0 Å². The second-order valence-electron chi connectivity index (χ2n) is 4.39. The first-order valence-corrected chi connectivity index (χ1v) is 7.41. The fraction of sp³-hybridized carbons (Fsp3) is 0.250. The largest absolute Gasteiger partial charge is 0.494 e. The van der Waals surface area contributed by atoms with E-state index in [9.17, 15) is 0 Å². The van der Waals surface area contributed by atoms with Gasteiger partial charge < -0.3 is 15.2 Å². The van der Waals surface area contributed by atoms with Gasteiger partial charge in [-0.05, 0) is 64.3 Å². The van der Waals surface area contributed by atoms with Crippen LogP contribution in [0.1, 0.15) is 18.9 Å². The van der Waals surface area contributed by atoms with Gasteiger partial charge in [-0.3, -0.25) is 0 Å². The first-order valence-electron chi connectivity index (χ1n) is 6.62. The molecule has 0 aliphatic rings. The van der Waals surface area contributed by atoms with E-state index in [1.165, 1.54) is 0 Å². The number of hydrogen-bond donors (Lipinski definition) is 1. The van der Waals surface area contributed by atoms with Crippen LogP contribution < -0.4 is 15.2 Å². The van der Waals surface area contributed by atoms with E-state index < -0.39 is 0 Å². The van der Waals surface area contributed by atoms with Crippen molar-refractivity contribution in [1.29, 1.82) is 0 Å². The summed E-state index contributed by atoms with van der Waals surface area (Å²) >= 11 is 3.49. The van der Waals surface area contributed by atoms with Gasteiger partial charge in [-0.25, -0.2) is 0 Å². The Kier molecular flexibility index (Phi) is 5.44. The third-order valence-electron chi connectivity index (χ3n) is 2.76. The quantitative estimate of drug-likeness (QED) is 0.845. The fourth-order valence-electron chi connectivity index (χ4n) is 1.70. The Balaban J connectivity index is 2.06. The Bertz CT molecular complexity index is 555. The van der Waals surface area contributed by atoms with Crippen molar-refractivity contribution in [3.05, 3.63) is 52.5 Å². The highest BCUT2D eigenvalue weighted by Crippen LogP contribution is 2.31. The molecule has 20 heavy (non-hydrogen) atoms. The third-order valence-corrected chi connectivity index (χ3v) is 3.38. The molecule has 0 amide bonds. The number of rotatable bonds is 6. The summed E-state index contributed by atoms with van der Waals surface area (Å²) in [5.41, 5.74) is 6.66. The molecule has 0 radical (unpaired) electrons. The van der Waals surface area contributed by atoms with Crippen LogP contribution in [0, 0.1) is 0 Å². The lowest BCUT2D eigenvalue weighted by molar-refractivity contribution is 0.317. The standard InChI is InChI=1S/C16H18BrNO2/c1-2-9-19-13-4-6-14(7-5-13)20-16-8-3-12(11-18)10-15(16)17/h3-8,10H,2,9,11,18H2,1H3. The molecular weight excluding hydrogens is 318 g/mol. The van der Waals surface area contributed by atoms with Crippen molar-refractivity contribution in [3.63, 3.8) is 0 Å². The van der Waals surface area contributed by atoms with Crippen molar-refractivity contribution in [3.8, 4) is 17.2 Å². The van der Waals surface area contributed by atoms with Crippen molar-refractivity contribution in [1.82, 2.24) is 0 Å². The van der Waals surface area contributed by atoms with Crippen LogP contribution in [0.25, 0.3) is 0 Å². The zero-order valence-electron chi connectivity index (χ0n) is 11.4. The molecule has 3 nitrogen and oxygen atoms in total. The molecule has 0 aliphatic heterocycles. The second-order valence-corrected chi connectivity index (χ2v) is 5.25. The monoisotopic (exact) mass is 335 g/mol. The molecule has 2 rings (SSSR count). The molecule has 0 spiro atoms. The van der Waals surface area contributed by atoms with E-state index in [0.29, 0.717) is 6.54 Å². The minimum Gasteiger partial charge on any atom is -0.494 e. The molecule has 0 unspecified atom stereocenters. The smallest absolute Gasteiger partial charge is 0.141 e. The summed E-state index contributed by atoms with van der Waals surface area (Å²) in [4.78, 5) is 0. The van der Waals surface area contributed by atoms with E-state index in [-0.39, 0.29) is 0 Å². The van der Waals surface area contributed by atoms with Crippen LogP contribution in [0.3, 0.4) is 0 Å². The Hall–Kier alpha value is -1.52. The molecule has 2 aromatic carbocycles. The van der Waals surface area contributed by atoms with Crippen molar-refractivity contribution >= 4 is 15.9 Å². The van der Waals surface area contributed by atoms with Gasteiger partial charge in [0.05, 0.1) is 11.1 Å². The highest BCUT2D eigenvalue weighted by Gasteiger charge is 2.04. The Morgan fingerprint density at radius 3 is 2.35 bits per heavy atom. The van der Waals surface area contributed by atoms with Gasteiger partial charge in [0, 0.05) is 6.54 Å². The van der Waals surface area contributed by atoms with Crippen molar-refractivity contribution in [2.75, 3.05) is 6.61 Å². The molecule has 106 valence electrons. The summed E-state index contributed by atoms with van der Waals surface area (Å²) in [7, 11) is 0. The van der Waals surface area contributed by atoms with Gasteiger partial charge in [0.1, 0.15) is 17.2 Å². The molecule has 2 N–H and O–H groups in total. The van der Waals surface area contributed by atoms with E-state index in [0.717, 1.165) is 40.3 Å². The molecule has 4 heteroatoms. The van der Waals surface area contributed by atoms with E-state index in [1.54, 1.807) is 0 Å². The first-order chi connectivity index (χ1) is 9.72. The lowest BCUT2D eigenvalue weighted by atomic mass is 10.2. The number of nitrogens with two attached hydrogens (primary N) is 1. The van der Waals surface area contributed by atoms with Crippen LogP contribution in [0.4, 0.5) is 0 Å². The lowest BCUT2D eigenvalue weighted by Crippen LogP contribution is -1.96. The molecule has 0 atom stereocenters. The van der Waals surface area contributed by atoms with Gasteiger partial charge >= 0.3 is 0 Å². The van der Waals surface area contributed by atoms with Crippen molar-refractivity contribution < 1.29 is 9.47 Å². The third kappa shape index (κ3) is 3.99. The predicted octanol–water partition coefficient (Wildman–Crippen LogP) is 4.49. The Labute approximate surface area is 127 Å². The second kappa shape index (κ2) is 7.31. The summed E-state index contributed by atoms with van der Waals surface area (Å²) in [6.45, 7) is 3.33. The maximum Gasteiger partial charge on any atom is 0.141 e. The topological polar surface area (TPSA) is 44.5 Å². The van der Waals surface area contributed by atoms with Gasteiger partial charge in [0.2, 0.25) is 0 Å². The maximum absolute atomic E-state index is 5.82. The van der Waals surface area contributed by atoms with Gasteiger partial charge in [-0.1, -0.05) is 13.0 Å². The molecule has 0 bridgehead atoms. The zero-order chi connectivity index (χ0) is 14.4. The summed E-state index contributed by atoms with van der Waals surface area (Å²) in [5.74, 6) is 2.40. The average Bonchev–Trinajstić information content (AvgIpc) is 2.48. The Morgan fingerprint density at radius 2 is 1.75 bits per heavy atom. The summed E-state index contributed by atoms with van der Waals surface area (Å²) in [6.07, 6.45) is 0.999. The highest BCUT2D eigenvalue weighted by molar-refractivity contribution is 9.10. The minimum absolute atomic E-state index is 0.516. The molecule has 0 aromatic heterocycles. The van der Waals surface area contributed by atoms with E-state index in [4.69, 9.17) is 15.2 Å². The molecule has 0 saturated heterocycles. The molecule has 0 saturated carbocycles. The number of benzene rings is 2. The molecule has 0 aliphatic carbocycles. The summed E-state index contributed by atoms with van der Waals surface area (Å²) < 4.78 is 12.3. The van der Waals surface area contributed by atoms with Crippen LogP contribution in [-0.2, 0) is 6.54 Å². The minimum atomic E-state index is 0.516. The van der Waals surface area contributed by atoms with Crippen LogP contribution >= 0.6 is 15.9 Å². The van der Waals surface area contributed by atoms with Gasteiger partial charge in [-0.2, -0.15) is 0 Å². The molecule has 0 fully saturated rings. The summed E-state index contributed by atoms with van der Waals surface area (Å²) in [5, 5.41) is 0. The average molecular weight is 336 g/mol. The number of hydrogen-bond acceptors (Lipinski definition) is 3. The molecule has 0 heterocycles. The van der Waals surface area contributed by atoms with E-state index in [1.807, 2.05) is 42.5 Å².